The summed E-state index contributed by atoms with van der Waals surface area (Å²) in [5, 5.41) is 0.968. The summed E-state index contributed by atoms with van der Waals surface area (Å²) in [6, 6.07) is 17.4. The van der Waals surface area contributed by atoms with Gasteiger partial charge in [0.05, 0.1) is 0 Å². The summed E-state index contributed by atoms with van der Waals surface area (Å²) in [5.41, 5.74) is 6.53. The van der Waals surface area contributed by atoms with Gasteiger partial charge in [0.2, 0.25) is 0 Å². The topological polar surface area (TPSA) is 43.1 Å². The minimum absolute atomic E-state index is 0.334. The normalized spacial score (nSPS) is 11.0. The van der Waals surface area contributed by atoms with Crippen molar-refractivity contribution in [1.29, 1.82) is 0 Å². The molecule has 0 radical (unpaired) electrons. The molecule has 4 aromatic rings. The summed E-state index contributed by atoms with van der Waals surface area (Å²) in [5.74, 6) is 0. The largest absolute Gasteiger partial charge is 0.423 e. The molecular formula is C22H17NO2. The second kappa shape index (κ2) is 6.02. The number of aryl methyl sites for hydroxylation is 2. The molecule has 0 aliphatic heterocycles. The van der Waals surface area contributed by atoms with Crippen LogP contribution in [0.5, 0.6) is 0 Å². The van der Waals surface area contributed by atoms with Crippen molar-refractivity contribution in [2.24, 2.45) is 0 Å². The van der Waals surface area contributed by atoms with Crippen molar-refractivity contribution in [3.05, 3.63) is 88.5 Å². The van der Waals surface area contributed by atoms with Gasteiger partial charge in [-0.1, -0.05) is 36.4 Å². The van der Waals surface area contributed by atoms with Crippen LogP contribution in [0.1, 0.15) is 11.1 Å². The van der Waals surface area contributed by atoms with Gasteiger partial charge in [-0.2, -0.15) is 0 Å². The van der Waals surface area contributed by atoms with Gasteiger partial charge in [0.15, 0.2) is 0 Å². The maximum atomic E-state index is 12.1. The van der Waals surface area contributed by atoms with E-state index in [1.807, 2.05) is 55.6 Å². The lowest BCUT2D eigenvalue weighted by Crippen LogP contribution is -2.01. The van der Waals surface area contributed by atoms with Gasteiger partial charge in [0.1, 0.15) is 5.58 Å². The van der Waals surface area contributed by atoms with E-state index in [2.05, 4.69) is 18.0 Å². The molecule has 0 spiro atoms. The lowest BCUT2D eigenvalue weighted by molar-refractivity contribution is 0.561. The summed E-state index contributed by atoms with van der Waals surface area (Å²) in [7, 11) is 0. The van der Waals surface area contributed by atoms with Crippen LogP contribution in [-0.2, 0) is 0 Å². The average molecular weight is 327 g/mol. The molecule has 0 N–H and O–H groups in total. The van der Waals surface area contributed by atoms with E-state index in [1.54, 1.807) is 12.3 Å². The van der Waals surface area contributed by atoms with Crippen molar-refractivity contribution in [3.63, 3.8) is 0 Å². The summed E-state index contributed by atoms with van der Waals surface area (Å²) >= 11 is 0. The number of nitrogens with zero attached hydrogens (tertiary/aromatic N) is 1. The third kappa shape index (κ3) is 2.64. The Balaban J connectivity index is 2.13. The van der Waals surface area contributed by atoms with Gasteiger partial charge in [0.25, 0.3) is 0 Å². The van der Waals surface area contributed by atoms with E-state index >= 15 is 0 Å². The summed E-state index contributed by atoms with van der Waals surface area (Å²) < 4.78 is 5.51. The molecule has 0 fully saturated rings. The molecule has 2 aromatic carbocycles. The maximum absolute atomic E-state index is 12.1. The minimum atomic E-state index is -0.334. The lowest BCUT2D eigenvalue weighted by atomic mass is 9.90. The van der Waals surface area contributed by atoms with E-state index in [1.165, 1.54) is 0 Å². The zero-order chi connectivity index (χ0) is 17.4. The average Bonchev–Trinajstić information content (AvgIpc) is 2.62. The van der Waals surface area contributed by atoms with Gasteiger partial charge in [-0.25, -0.2) is 4.79 Å². The van der Waals surface area contributed by atoms with Gasteiger partial charge >= 0.3 is 5.63 Å². The number of benzene rings is 2. The van der Waals surface area contributed by atoms with Crippen LogP contribution in [0.3, 0.4) is 0 Å². The van der Waals surface area contributed by atoms with Crippen LogP contribution < -0.4 is 5.63 Å². The van der Waals surface area contributed by atoms with Crippen LogP contribution in [-0.4, -0.2) is 4.98 Å². The van der Waals surface area contributed by atoms with Crippen LogP contribution in [0.15, 0.2) is 76.2 Å². The predicted octanol–water partition coefficient (Wildman–Crippen LogP) is 5.14. The molecule has 0 atom stereocenters. The Bertz CT molecular complexity index is 1110. The highest BCUT2D eigenvalue weighted by atomic mass is 16.4. The van der Waals surface area contributed by atoms with Crippen molar-refractivity contribution >= 4 is 11.0 Å². The number of hydrogen-bond donors (Lipinski definition) is 0. The Morgan fingerprint density at radius 3 is 2.40 bits per heavy atom. The monoisotopic (exact) mass is 327 g/mol. The molecule has 2 aromatic heterocycles. The van der Waals surface area contributed by atoms with Gasteiger partial charge in [0, 0.05) is 35.0 Å². The summed E-state index contributed by atoms with van der Waals surface area (Å²) in [6.45, 7) is 4.11. The smallest absolute Gasteiger partial charge is 0.336 e. The van der Waals surface area contributed by atoms with Gasteiger partial charge in [-0.05, 0) is 48.2 Å². The molecule has 0 saturated heterocycles. The molecule has 0 aliphatic carbocycles. The Hall–Kier alpha value is -3.20. The van der Waals surface area contributed by atoms with Crippen molar-refractivity contribution in [2.75, 3.05) is 0 Å². The van der Waals surface area contributed by atoms with E-state index in [-0.39, 0.29) is 5.63 Å². The van der Waals surface area contributed by atoms with E-state index < -0.39 is 0 Å². The Labute approximate surface area is 145 Å². The van der Waals surface area contributed by atoms with E-state index in [0.717, 1.165) is 38.8 Å². The molecule has 0 saturated carbocycles. The highest BCUT2D eigenvalue weighted by Gasteiger charge is 2.16. The van der Waals surface area contributed by atoms with Crippen molar-refractivity contribution in [3.8, 4) is 22.3 Å². The summed E-state index contributed by atoms with van der Waals surface area (Å²) in [6.07, 6.45) is 3.63. The highest BCUT2D eigenvalue weighted by molar-refractivity contribution is 6.00. The van der Waals surface area contributed by atoms with Crippen molar-refractivity contribution in [2.45, 2.75) is 13.8 Å². The van der Waals surface area contributed by atoms with E-state index in [4.69, 9.17) is 4.42 Å². The molecular weight excluding hydrogens is 310 g/mol. The molecule has 0 amide bonds. The molecule has 0 bridgehead atoms. The zero-order valence-electron chi connectivity index (χ0n) is 14.1. The first-order chi connectivity index (χ1) is 12.1. The molecule has 3 nitrogen and oxygen atoms in total. The van der Waals surface area contributed by atoms with Crippen LogP contribution in [0.4, 0.5) is 0 Å². The predicted molar refractivity (Wildman–Crippen MR) is 101 cm³/mol. The first-order valence-corrected chi connectivity index (χ1v) is 8.19. The van der Waals surface area contributed by atoms with Crippen LogP contribution in [0.25, 0.3) is 33.2 Å². The molecule has 4 rings (SSSR count). The Kier molecular flexibility index (Phi) is 3.69. The van der Waals surface area contributed by atoms with Gasteiger partial charge < -0.3 is 4.42 Å². The number of rotatable bonds is 2. The Morgan fingerprint density at radius 1 is 0.920 bits per heavy atom. The first kappa shape index (κ1) is 15.3. The van der Waals surface area contributed by atoms with E-state index in [9.17, 15) is 4.79 Å². The third-order valence-corrected chi connectivity index (χ3v) is 4.52. The number of hydrogen-bond acceptors (Lipinski definition) is 3. The SMILES string of the molecule is Cc1cc2oc(=O)cc(-c3ccccc3)c2c(C)c1-c1cccnc1. The number of aromatic nitrogens is 1. The zero-order valence-corrected chi connectivity index (χ0v) is 14.1. The second-order valence-electron chi connectivity index (χ2n) is 6.15. The number of fused-ring (bicyclic) bond motifs is 1. The van der Waals surface area contributed by atoms with Crippen LogP contribution >= 0.6 is 0 Å². The van der Waals surface area contributed by atoms with E-state index in [0.29, 0.717) is 5.58 Å². The second-order valence-corrected chi connectivity index (χ2v) is 6.15. The quantitative estimate of drug-likeness (QED) is 0.479. The minimum Gasteiger partial charge on any atom is -0.423 e. The molecule has 0 aliphatic rings. The van der Waals surface area contributed by atoms with Crippen molar-refractivity contribution < 1.29 is 4.42 Å². The molecule has 25 heavy (non-hydrogen) atoms. The van der Waals surface area contributed by atoms with Crippen molar-refractivity contribution in [1.82, 2.24) is 4.98 Å². The third-order valence-electron chi connectivity index (χ3n) is 4.52. The highest BCUT2D eigenvalue weighted by Crippen LogP contribution is 2.37. The fourth-order valence-corrected chi connectivity index (χ4v) is 3.49. The number of pyridine rings is 1. The standard InChI is InChI=1S/C22H17NO2/c1-14-11-19-22(15(2)21(14)17-9-6-10-23-13-17)18(12-20(24)25-19)16-7-4-3-5-8-16/h3-13H,1-2H3. The lowest BCUT2D eigenvalue weighted by Gasteiger charge is -2.15. The fraction of sp³-hybridized carbons (Fsp3) is 0.0909. The summed E-state index contributed by atoms with van der Waals surface area (Å²) in [4.78, 5) is 16.3. The molecule has 3 heteroatoms. The molecule has 0 unspecified atom stereocenters. The van der Waals surface area contributed by atoms with Crippen LogP contribution in [0, 0.1) is 13.8 Å². The Morgan fingerprint density at radius 2 is 1.68 bits per heavy atom. The fourth-order valence-electron chi connectivity index (χ4n) is 3.49. The molecule has 122 valence electrons. The van der Waals surface area contributed by atoms with Gasteiger partial charge in [-0.15, -0.1) is 0 Å². The van der Waals surface area contributed by atoms with Gasteiger partial charge in [-0.3, -0.25) is 4.98 Å². The molecule has 2 heterocycles. The maximum Gasteiger partial charge on any atom is 0.336 e. The first-order valence-electron chi connectivity index (χ1n) is 8.19. The van der Waals surface area contributed by atoms with Crippen LogP contribution in [0.2, 0.25) is 0 Å².